The number of nitrogens with two attached hydrogens (primary N) is 1. The molecule has 4 aromatic carbocycles. The van der Waals surface area contributed by atoms with Crippen molar-refractivity contribution in [2.75, 3.05) is 31.1 Å². The van der Waals surface area contributed by atoms with Crippen molar-refractivity contribution in [1.82, 2.24) is 4.90 Å². The van der Waals surface area contributed by atoms with Crippen LogP contribution in [0.25, 0.3) is 11.1 Å². The van der Waals surface area contributed by atoms with Gasteiger partial charge in [0.25, 0.3) is 5.69 Å². The lowest BCUT2D eigenvalue weighted by molar-refractivity contribution is -0.385. The molecule has 10 heteroatoms. The largest absolute Gasteiger partial charge is 0.369 e. The maximum atomic E-state index is 13.2. The van der Waals surface area contributed by atoms with E-state index in [1.54, 1.807) is 24.3 Å². The highest BCUT2D eigenvalue weighted by Crippen LogP contribution is 2.29. The number of primary sulfonamides is 1. The van der Waals surface area contributed by atoms with Gasteiger partial charge in [0, 0.05) is 50.0 Å². The third kappa shape index (κ3) is 5.79. The number of benzene rings is 4. The Hall–Kier alpha value is -4.38. The minimum Gasteiger partial charge on any atom is -0.369 e. The minimum atomic E-state index is -4.35. The Morgan fingerprint density at radius 3 is 2.12 bits per heavy atom. The molecular weight excluding hydrogens is 528 g/mol. The van der Waals surface area contributed by atoms with Crippen molar-refractivity contribution in [3.8, 4) is 11.1 Å². The SMILES string of the molecule is NS(=O)(=O)c1cccc([N+](=O)[O-])c1C(=O)c1ccc(N2CCN(Cc3ccccc3-c3ccccc3)CC2)cc1. The monoisotopic (exact) mass is 556 g/mol. The normalized spacial score (nSPS) is 14.2. The van der Waals surface area contributed by atoms with Crippen molar-refractivity contribution in [1.29, 1.82) is 0 Å². The fourth-order valence-corrected chi connectivity index (χ4v) is 5.82. The summed E-state index contributed by atoms with van der Waals surface area (Å²) in [5, 5.41) is 16.8. The highest BCUT2D eigenvalue weighted by molar-refractivity contribution is 7.89. The van der Waals surface area contributed by atoms with E-state index in [1.165, 1.54) is 22.8 Å². The van der Waals surface area contributed by atoms with Gasteiger partial charge in [-0.2, -0.15) is 0 Å². The van der Waals surface area contributed by atoms with Gasteiger partial charge in [0.2, 0.25) is 15.8 Å². The number of rotatable bonds is 8. The predicted octanol–water partition coefficient (Wildman–Crippen LogP) is 4.46. The van der Waals surface area contributed by atoms with E-state index in [1.807, 2.05) is 18.2 Å². The maximum Gasteiger partial charge on any atom is 0.281 e. The smallest absolute Gasteiger partial charge is 0.281 e. The van der Waals surface area contributed by atoms with Crippen LogP contribution in [0.5, 0.6) is 0 Å². The van der Waals surface area contributed by atoms with Crippen molar-refractivity contribution in [2.45, 2.75) is 11.4 Å². The van der Waals surface area contributed by atoms with Gasteiger partial charge in [-0.3, -0.25) is 19.8 Å². The molecule has 1 aliphatic heterocycles. The van der Waals surface area contributed by atoms with Gasteiger partial charge < -0.3 is 4.90 Å². The van der Waals surface area contributed by atoms with E-state index >= 15 is 0 Å². The fraction of sp³-hybridized carbons (Fsp3) is 0.167. The van der Waals surface area contributed by atoms with Crippen LogP contribution in [0.4, 0.5) is 11.4 Å². The predicted molar refractivity (Wildman–Crippen MR) is 154 cm³/mol. The molecule has 0 bridgehead atoms. The first-order valence-electron chi connectivity index (χ1n) is 12.8. The number of hydrogen-bond acceptors (Lipinski definition) is 7. The molecule has 0 saturated carbocycles. The lowest BCUT2D eigenvalue weighted by Gasteiger charge is -2.36. The first-order valence-corrected chi connectivity index (χ1v) is 14.3. The first-order chi connectivity index (χ1) is 19.2. The van der Waals surface area contributed by atoms with Crippen LogP contribution in [-0.4, -0.2) is 50.2 Å². The Labute approximate surface area is 232 Å². The number of piperazine rings is 1. The van der Waals surface area contributed by atoms with Crippen LogP contribution in [0.15, 0.2) is 102 Å². The topological polar surface area (TPSA) is 127 Å². The number of anilines is 1. The summed E-state index contributed by atoms with van der Waals surface area (Å²) in [4.78, 5) is 28.0. The molecule has 0 unspecified atom stereocenters. The van der Waals surface area contributed by atoms with Crippen molar-refractivity contribution in [3.63, 3.8) is 0 Å². The molecule has 9 nitrogen and oxygen atoms in total. The van der Waals surface area contributed by atoms with Gasteiger partial charge in [0.05, 0.1) is 9.82 Å². The average molecular weight is 557 g/mol. The van der Waals surface area contributed by atoms with E-state index in [-0.39, 0.29) is 5.56 Å². The van der Waals surface area contributed by atoms with E-state index in [0.29, 0.717) is 0 Å². The molecule has 1 aliphatic rings. The van der Waals surface area contributed by atoms with Crippen LogP contribution in [0.2, 0.25) is 0 Å². The number of sulfonamides is 1. The summed E-state index contributed by atoms with van der Waals surface area (Å²) in [7, 11) is -4.35. The van der Waals surface area contributed by atoms with Gasteiger partial charge in [-0.25, -0.2) is 13.6 Å². The number of carbonyl (C=O) groups is 1. The van der Waals surface area contributed by atoms with E-state index in [2.05, 4.69) is 46.2 Å². The molecule has 1 fully saturated rings. The van der Waals surface area contributed by atoms with Crippen molar-refractivity contribution in [2.24, 2.45) is 5.14 Å². The Morgan fingerprint density at radius 2 is 1.48 bits per heavy atom. The van der Waals surface area contributed by atoms with E-state index in [4.69, 9.17) is 5.14 Å². The van der Waals surface area contributed by atoms with Crippen molar-refractivity contribution in [3.05, 3.63) is 124 Å². The fourth-order valence-electron chi connectivity index (χ4n) is 5.07. The summed E-state index contributed by atoms with van der Waals surface area (Å²) < 4.78 is 24.1. The number of nitro benzene ring substituents is 1. The third-order valence-corrected chi connectivity index (χ3v) is 8.05. The van der Waals surface area contributed by atoms with Crippen LogP contribution < -0.4 is 10.0 Å². The van der Waals surface area contributed by atoms with Gasteiger partial charge in [-0.05, 0) is 47.0 Å². The number of ketones is 1. The minimum absolute atomic E-state index is 0.138. The summed E-state index contributed by atoms with van der Waals surface area (Å²) in [6.07, 6.45) is 0. The standard InChI is InChI=1S/C30H28N4O5S/c31-40(38,39)28-12-6-11-27(34(36)37)29(28)30(35)23-13-15-25(16-14-23)33-19-17-32(18-20-33)21-24-9-4-5-10-26(24)22-7-2-1-3-8-22/h1-16H,17-21H2,(H2,31,38,39). The van der Waals surface area contributed by atoms with Crippen LogP contribution in [0.3, 0.4) is 0 Å². The molecule has 5 rings (SSSR count). The van der Waals surface area contributed by atoms with Gasteiger partial charge in [-0.15, -0.1) is 0 Å². The first kappa shape index (κ1) is 27.2. The average Bonchev–Trinajstić information content (AvgIpc) is 2.97. The molecule has 0 aromatic heterocycles. The second kappa shape index (κ2) is 11.4. The molecule has 0 amide bonds. The Bertz CT molecular complexity index is 1650. The molecule has 0 aliphatic carbocycles. The van der Waals surface area contributed by atoms with E-state index < -0.39 is 36.9 Å². The van der Waals surface area contributed by atoms with Crippen LogP contribution in [-0.2, 0) is 16.6 Å². The molecule has 1 heterocycles. The summed E-state index contributed by atoms with van der Waals surface area (Å²) in [5.41, 5.74) is 3.62. The Balaban J connectivity index is 1.28. The summed E-state index contributed by atoms with van der Waals surface area (Å²) in [6.45, 7) is 4.14. The molecule has 0 radical (unpaired) electrons. The quantitative estimate of drug-likeness (QED) is 0.193. The summed E-state index contributed by atoms with van der Waals surface area (Å²) in [6, 6.07) is 28.9. The van der Waals surface area contributed by atoms with E-state index in [0.717, 1.165) is 50.5 Å². The molecule has 0 spiro atoms. The van der Waals surface area contributed by atoms with Gasteiger partial charge in [-0.1, -0.05) is 60.7 Å². The molecule has 0 atom stereocenters. The van der Waals surface area contributed by atoms with Crippen LogP contribution in [0, 0.1) is 10.1 Å². The second-order valence-corrected chi connectivity index (χ2v) is 11.1. The second-order valence-electron chi connectivity index (χ2n) is 9.61. The summed E-state index contributed by atoms with van der Waals surface area (Å²) >= 11 is 0. The highest BCUT2D eigenvalue weighted by Gasteiger charge is 2.29. The molecule has 4 aromatic rings. The number of carbonyl (C=O) groups excluding carboxylic acids is 1. The molecule has 204 valence electrons. The van der Waals surface area contributed by atoms with Crippen molar-refractivity contribution < 1.29 is 18.1 Å². The zero-order valence-electron chi connectivity index (χ0n) is 21.6. The summed E-state index contributed by atoms with van der Waals surface area (Å²) in [5.74, 6) is -0.773. The Morgan fingerprint density at radius 1 is 0.825 bits per heavy atom. The Kier molecular flexibility index (Phi) is 7.74. The third-order valence-electron chi connectivity index (χ3n) is 7.10. The lowest BCUT2D eigenvalue weighted by atomic mass is 9.99. The molecule has 40 heavy (non-hydrogen) atoms. The number of nitro groups is 1. The highest BCUT2D eigenvalue weighted by atomic mass is 32.2. The number of nitrogens with zero attached hydrogens (tertiary/aromatic N) is 3. The van der Waals surface area contributed by atoms with Crippen LogP contribution >= 0.6 is 0 Å². The zero-order chi connectivity index (χ0) is 28.3. The van der Waals surface area contributed by atoms with Crippen LogP contribution in [0.1, 0.15) is 21.5 Å². The molecule has 2 N–H and O–H groups in total. The van der Waals surface area contributed by atoms with Gasteiger partial charge in [0.1, 0.15) is 5.56 Å². The maximum absolute atomic E-state index is 13.2. The lowest BCUT2D eigenvalue weighted by Crippen LogP contribution is -2.46. The molecule has 1 saturated heterocycles. The number of hydrogen-bond donors (Lipinski definition) is 1. The zero-order valence-corrected chi connectivity index (χ0v) is 22.5. The molecular formula is C30H28N4O5S. The van der Waals surface area contributed by atoms with Crippen molar-refractivity contribution >= 4 is 27.2 Å². The van der Waals surface area contributed by atoms with Gasteiger partial charge in [0.15, 0.2) is 0 Å². The van der Waals surface area contributed by atoms with Gasteiger partial charge >= 0.3 is 0 Å². The van der Waals surface area contributed by atoms with E-state index in [9.17, 15) is 23.3 Å².